The molecule has 0 aliphatic rings. The lowest BCUT2D eigenvalue weighted by molar-refractivity contribution is -0.138. The summed E-state index contributed by atoms with van der Waals surface area (Å²) in [6.07, 6.45) is 8.69. The summed E-state index contributed by atoms with van der Waals surface area (Å²) >= 11 is 0. The molecule has 0 saturated carbocycles. The minimum absolute atomic E-state index is 0.197. The van der Waals surface area contributed by atoms with E-state index in [0.29, 0.717) is 12.2 Å². The number of carbonyl (C=O) groups is 1. The minimum Gasteiger partial charge on any atom is -0.462 e. The Balaban J connectivity index is 3.64. The van der Waals surface area contributed by atoms with Crippen molar-refractivity contribution in [1.29, 1.82) is 0 Å². The molecule has 0 aliphatic heterocycles. The van der Waals surface area contributed by atoms with E-state index in [9.17, 15) is 4.79 Å². The van der Waals surface area contributed by atoms with Gasteiger partial charge in [-0.15, -0.1) is 0 Å². The maximum absolute atomic E-state index is 11.3. The van der Waals surface area contributed by atoms with Gasteiger partial charge in [0.05, 0.1) is 6.61 Å². The zero-order valence-corrected chi connectivity index (χ0v) is 9.38. The molecule has 2 heteroatoms. The highest BCUT2D eigenvalue weighted by Crippen LogP contribution is 1.99. The predicted octanol–water partition coefficient (Wildman–Crippen LogP) is 3.24. The molecule has 0 N–H and O–H groups in total. The Labute approximate surface area is 86.6 Å². The van der Waals surface area contributed by atoms with E-state index in [2.05, 4.69) is 13.0 Å². The first-order valence-electron chi connectivity index (χ1n) is 5.21. The van der Waals surface area contributed by atoms with Gasteiger partial charge in [-0.25, -0.2) is 4.79 Å². The van der Waals surface area contributed by atoms with Crippen LogP contribution in [0.5, 0.6) is 0 Å². The molecule has 0 heterocycles. The average Bonchev–Trinajstić information content (AvgIpc) is 2.17. The molecule has 0 atom stereocenters. The fraction of sp³-hybridized carbons (Fsp3) is 0.583. The molecule has 0 radical (unpaired) electrons. The molecule has 0 bridgehead atoms. The van der Waals surface area contributed by atoms with Gasteiger partial charge in [0.25, 0.3) is 0 Å². The highest BCUT2D eigenvalue weighted by molar-refractivity contribution is 5.87. The van der Waals surface area contributed by atoms with Crippen LogP contribution in [-0.2, 0) is 9.53 Å². The summed E-state index contributed by atoms with van der Waals surface area (Å²) in [7, 11) is 0. The van der Waals surface area contributed by atoms with Crippen LogP contribution < -0.4 is 0 Å². The first-order chi connectivity index (χ1) is 6.72. The van der Waals surface area contributed by atoms with E-state index in [-0.39, 0.29) is 5.97 Å². The number of hydrogen-bond donors (Lipinski definition) is 0. The molecule has 0 aliphatic carbocycles. The van der Waals surface area contributed by atoms with Gasteiger partial charge in [0.1, 0.15) is 0 Å². The first kappa shape index (κ1) is 12.9. The Morgan fingerprint density at radius 3 is 2.50 bits per heavy atom. The lowest BCUT2D eigenvalue weighted by Crippen LogP contribution is -2.06. The summed E-state index contributed by atoms with van der Waals surface area (Å²) in [5.74, 6) is -0.197. The molecule has 0 rings (SSSR count). The number of ether oxygens (including phenoxy) is 1. The fourth-order valence-corrected chi connectivity index (χ4v) is 1.01. The lowest BCUT2D eigenvalue weighted by atomic mass is 10.2. The third kappa shape index (κ3) is 6.46. The molecule has 0 aromatic heterocycles. The second-order valence-corrected chi connectivity index (χ2v) is 3.10. The van der Waals surface area contributed by atoms with E-state index >= 15 is 0 Å². The van der Waals surface area contributed by atoms with Crippen LogP contribution in [0.15, 0.2) is 23.8 Å². The number of carbonyl (C=O) groups excluding carboxylic acids is 1. The van der Waals surface area contributed by atoms with Crippen LogP contribution in [0.3, 0.4) is 0 Å². The standard InChI is InChI=1S/C12H20O2/c1-4-6-7-8-10-14-12(13)11(3)9-5-2/h6-7,9H,4-5,8,10H2,1-3H3/b7-6-,11-9?. The van der Waals surface area contributed by atoms with Gasteiger partial charge in [-0.3, -0.25) is 0 Å². The molecule has 0 amide bonds. The van der Waals surface area contributed by atoms with Crippen molar-refractivity contribution in [2.24, 2.45) is 0 Å². The topological polar surface area (TPSA) is 26.3 Å². The second-order valence-electron chi connectivity index (χ2n) is 3.10. The molecule has 2 nitrogen and oxygen atoms in total. The fourth-order valence-electron chi connectivity index (χ4n) is 1.01. The van der Waals surface area contributed by atoms with Crippen molar-refractivity contribution in [3.63, 3.8) is 0 Å². The largest absolute Gasteiger partial charge is 0.462 e. The zero-order chi connectivity index (χ0) is 10.8. The van der Waals surface area contributed by atoms with Crippen molar-refractivity contribution in [1.82, 2.24) is 0 Å². The van der Waals surface area contributed by atoms with Crippen LogP contribution in [0.4, 0.5) is 0 Å². The van der Waals surface area contributed by atoms with Gasteiger partial charge in [0, 0.05) is 5.57 Å². The third-order valence-corrected chi connectivity index (χ3v) is 1.75. The molecule has 0 unspecified atom stereocenters. The molecule has 80 valence electrons. The van der Waals surface area contributed by atoms with Crippen LogP contribution in [0.1, 0.15) is 40.0 Å². The molecule has 0 aromatic carbocycles. The van der Waals surface area contributed by atoms with Crippen LogP contribution in [0.25, 0.3) is 0 Å². The quantitative estimate of drug-likeness (QED) is 0.282. The van der Waals surface area contributed by atoms with Gasteiger partial charge in [-0.2, -0.15) is 0 Å². The molecule has 0 fully saturated rings. The van der Waals surface area contributed by atoms with E-state index in [4.69, 9.17) is 4.74 Å². The lowest BCUT2D eigenvalue weighted by Gasteiger charge is -2.02. The Bertz CT molecular complexity index is 214. The van der Waals surface area contributed by atoms with E-state index in [1.54, 1.807) is 6.92 Å². The zero-order valence-electron chi connectivity index (χ0n) is 9.38. The number of allylic oxidation sites excluding steroid dienone is 2. The second kappa shape index (κ2) is 8.54. The Morgan fingerprint density at radius 1 is 1.21 bits per heavy atom. The molecule has 0 saturated heterocycles. The predicted molar refractivity (Wildman–Crippen MR) is 59.1 cm³/mol. The highest BCUT2D eigenvalue weighted by Gasteiger charge is 2.02. The van der Waals surface area contributed by atoms with Crippen LogP contribution >= 0.6 is 0 Å². The number of hydrogen-bond acceptors (Lipinski definition) is 2. The molecular weight excluding hydrogens is 176 g/mol. The van der Waals surface area contributed by atoms with Crippen molar-refractivity contribution in [3.05, 3.63) is 23.8 Å². The molecule has 0 aromatic rings. The Kier molecular flexibility index (Phi) is 7.90. The van der Waals surface area contributed by atoms with Crippen LogP contribution in [0.2, 0.25) is 0 Å². The Hall–Kier alpha value is -1.05. The van der Waals surface area contributed by atoms with Crippen molar-refractivity contribution in [3.8, 4) is 0 Å². The third-order valence-electron chi connectivity index (χ3n) is 1.75. The van der Waals surface area contributed by atoms with Gasteiger partial charge in [-0.1, -0.05) is 32.1 Å². The van der Waals surface area contributed by atoms with Crippen molar-refractivity contribution in [2.45, 2.75) is 40.0 Å². The first-order valence-corrected chi connectivity index (χ1v) is 5.21. The van der Waals surface area contributed by atoms with Crippen LogP contribution in [0, 0.1) is 0 Å². The minimum atomic E-state index is -0.197. The Morgan fingerprint density at radius 2 is 1.93 bits per heavy atom. The highest BCUT2D eigenvalue weighted by atomic mass is 16.5. The van der Waals surface area contributed by atoms with E-state index in [1.807, 2.05) is 19.1 Å². The molecular formula is C12H20O2. The van der Waals surface area contributed by atoms with Crippen molar-refractivity contribution >= 4 is 5.97 Å². The van der Waals surface area contributed by atoms with Gasteiger partial charge in [0.2, 0.25) is 0 Å². The summed E-state index contributed by atoms with van der Waals surface area (Å²) in [4.78, 5) is 11.3. The van der Waals surface area contributed by atoms with Gasteiger partial charge in [-0.05, 0) is 26.2 Å². The number of esters is 1. The molecule has 0 spiro atoms. The average molecular weight is 196 g/mol. The molecule has 14 heavy (non-hydrogen) atoms. The van der Waals surface area contributed by atoms with E-state index in [1.165, 1.54) is 0 Å². The van der Waals surface area contributed by atoms with E-state index in [0.717, 1.165) is 19.3 Å². The normalized spacial score (nSPS) is 12.1. The summed E-state index contributed by atoms with van der Waals surface area (Å²) in [5.41, 5.74) is 0.701. The van der Waals surface area contributed by atoms with Gasteiger partial charge < -0.3 is 4.74 Å². The van der Waals surface area contributed by atoms with Gasteiger partial charge >= 0.3 is 5.97 Å². The van der Waals surface area contributed by atoms with Gasteiger partial charge in [0.15, 0.2) is 0 Å². The summed E-state index contributed by atoms with van der Waals surface area (Å²) in [5, 5.41) is 0. The summed E-state index contributed by atoms with van der Waals surface area (Å²) < 4.78 is 5.04. The SMILES string of the molecule is CCC=C(C)C(=O)OCC/C=C\CC. The maximum atomic E-state index is 11.3. The van der Waals surface area contributed by atoms with Crippen LogP contribution in [-0.4, -0.2) is 12.6 Å². The van der Waals surface area contributed by atoms with Crippen molar-refractivity contribution in [2.75, 3.05) is 6.61 Å². The van der Waals surface area contributed by atoms with E-state index < -0.39 is 0 Å². The summed E-state index contributed by atoms with van der Waals surface area (Å²) in [6.45, 7) is 6.34. The smallest absolute Gasteiger partial charge is 0.333 e. The number of rotatable bonds is 6. The van der Waals surface area contributed by atoms with Crippen molar-refractivity contribution < 1.29 is 9.53 Å². The monoisotopic (exact) mass is 196 g/mol. The maximum Gasteiger partial charge on any atom is 0.333 e. The summed E-state index contributed by atoms with van der Waals surface area (Å²) in [6, 6.07) is 0.